The zero-order valence-electron chi connectivity index (χ0n) is 22.5. The Labute approximate surface area is 235 Å². The lowest BCUT2D eigenvalue weighted by atomic mass is 10.0. The van der Waals surface area contributed by atoms with Gasteiger partial charge >= 0.3 is 0 Å². The number of allylic oxidation sites excluding steroid dienone is 1. The fourth-order valence-corrected chi connectivity index (χ4v) is 4.33. The molecule has 0 bridgehead atoms. The quantitative estimate of drug-likeness (QED) is 0.241. The molecule has 2 atom stereocenters. The van der Waals surface area contributed by atoms with Gasteiger partial charge in [-0.2, -0.15) is 0 Å². The van der Waals surface area contributed by atoms with E-state index in [0.29, 0.717) is 31.0 Å². The van der Waals surface area contributed by atoms with E-state index in [1.807, 2.05) is 86.7 Å². The number of carbonyl (C=O) groups is 2. The van der Waals surface area contributed by atoms with Gasteiger partial charge in [0.1, 0.15) is 17.8 Å². The summed E-state index contributed by atoms with van der Waals surface area (Å²) in [5.74, 6) is 0.210. The summed E-state index contributed by atoms with van der Waals surface area (Å²) in [5.41, 5.74) is 9.28. The molecule has 0 aliphatic rings. The first kappa shape index (κ1) is 29.7. The summed E-state index contributed by atoms with van der Waals surface area (Å²) < 4.78 is 5.52. The Morgan fingerprint density at radius 1 is 0.923 bits per heavy atom. The first-order valence-corrected chi connectivity index (χ1v) is 13.5. The first-order valence-electron chi connectivity index (χ1n) is 13.1. The number of amides is 2. The van der Waals surface area contributed by atoms with Gasteiger partial charge in [0, 0.05) is 31.0 Å². The molecule has 0 radical (unpaired) electrons. The van der Waals surface area contributed by atoms with Crippen molar-refractivity contribution in [1.82, 2.24) is 16.0 Å². The van der Waals surface area contributed by atoms with Crippen molar-refractivity contribution in [2.75, 3.05) is 6.61 Å². The van der Waals surface area contributed by atoms with Crippen molar-refractivity contribution in [1.29, 1.82) is 0 Å². The molecule has 3 aromatic carbocycles. The Kier molecular flexibility index (Phi) is 11.9. The summed E-state index contributed by atoms with van der Waals surface area (Å²) in [6, 6.07) is 21.4. The molecular weight excluding hydrogens is 512 g/mol. The van der Waals surface area contributed by atoms with E-state index in [1.165, 1.54) is 0 Å². The monoisotopic (exact) mass is 548 g/mol. The van der Waals surface area contributed by atoms with Crippen LogP contribution < -0.4 is 26.4 Å². The van der Waals surface area contributed by atoms with Gasteiger partial charge in [0.25, 0.3) is 0 Å². The van der Waals surface area contributed by atoms with Crippen LogP contribution in [0.5, 0.6) is 5.75 Å². The molecule has 0 aliphatic carbocycles. The van der Waals surface area contributed by atoms with Crippen LogP contribution in [0.3, 0.4) is 0 Å². The predicted octanol–water partition coefficient (Wildman–Crippen LogP) is 4.28. The van der Waals surface area contributed by atoms with Gasteiger partial charge in [-0.05, 0) is 60.5 Å². The first-order chi connectivity index (χ1) is 18.9. The number of benzene rings is 3. The topological polar surface area (TPSA) is 105 Å². The Morgan fingerprint density at radius 2 is 1.59 bits per heavy atom. The molecule has 0 spiro atoms. The van der Waals surface area contributed by atoms with Gasteiger partial charge < -0.3 is 26.4 Å². The summed E-state index contributed by atoms with van der Waals surface area (Å²) >= 11 is 6.38. The molecule has 0 saturated carbocycles. The zero-order valence-corrected chi connectivity index (χ0v) is 23.2. The fourth-order valence-electron chi connectivity index (χ4n) is 4.06. The van der Waals surface area contributed by atoms with Crippen molar-refractivity contribution < 1.29 is 14.3 Å². The number of hydrogen-bond acceptors (Lipinski definition) is 5. The number of hydrogen-bond donors (Lipinski definition) is 4. The third-order valence-corrected chi connectivity index (χ3v) is 6.53. The normalized spacial score (nSPS) is 12.5. The second-order valence-electron chi connectivity index (χ2n) is 9.10. The smallest absolute Gasteiger partial charge is 0.243 e. The molecule has 3 aromatic rings. The van der Waals surface area contributed by atoms with Crippen molar-refractivity contribution in [3.63, 3.8) is 0 Å². The largest absolute Gasteiger partial charge is 0.494 e. The molecule has 0 aromatic heterocycles. The Bertz CT molecular complexity index is 1230. The second kappa shape index (κ2) is 15.6. The third-order valence-electron chi connectivity index (χ3n) is 6.18. The minimum atomic E-state index is -0.780. The zero-order chi connectivity index (χ0) is 28.0. The van der Waals surface area contributed by atoms with Gasteiger partial charge in [0.05, 0.1) is 6.61 Å². The molecule has 3 rings (SSSR count). The highest BCUT2D eigenvalue weighted by Gasteiger charge is 2.26. The molecule has 39 heavy (non-hydrogen) atoms. The summed E-state index contributed by atoms with van der Waals surface area (Å²) in [6.45, 7) is 5.01. The van der Waals surface area contributed by atoms with Crippen molar-refractivity contribution >= 4 is 23.4 Å². The lowest BCUT2D eigenvalue weighted by Crippen LogP contribution is -2.53. The standard InChI is InChI=1S/C31H37ClN4O3/c1-3-16-34-28(18-23-11-14-26(15-12-23)39-4-2)31(38)36-29(19-22-8-6-5-7-9-22)30(37)35-21-25-13-10-24(20-33)17-27(25)32/h3,5-17,28-29,34H,4,18-21,33H2,1-2H3,(H,35,37)(H,36,38)/t28-,29+/m1/s1. The van der Waals surface area contributed by atoms with Crippen molar-refractivity contribution in [3.05, 3.63) is 112 Å². The lowest BCUT2D eigenvalue weighted by molar-refractivity contribution is -0.130. The van der Waals surface area contributed by atoms with Crippen LogP contribution in [0.25, 0.3) is 0 Å². The van der Waals surface area contributed by atoms with E-state index in [0.717, 1.165) is 28.0 Å². The molecular formula is C31H37ClN4O3. The number of nitrogens with one attached hydrogen (secondary N) is 3. The molecule has 0 saturated heterocycles. The predicted molar refractivity (Wildman–Crippen MR) is 156 cm³/mol. The molecule has 0 fully saturated rings. The third kappa shape index (κ3) is 9.46. The highest BCUT2D eigenvalue weighted by molar-refractivity contribution is 6.31. The van der Waals surface area contributed by atoms with Crippen LogP contribution in [0.2, 0.25) is 5.02 Å². The van der Waals surface area contributed by atoms with Crippen LogP contribution in [0, 0.1) is 0 Å². The Balaban J connectivity index is 1.74. The summed E-state index contributed by atoms with van der Waals surface area (Å²) in [4.78, 5) is 26.8. The molecule has 2 amide bonds. The maximum Gasteiger partial charge on any atom is 0.243 e. The summed E-state index contributed by atoms with van der Waals surface area (Å²) in [7, 11) is 0. The Hall–Kier alpha value is -3.81. The molecule has 0 aliphatic heterocycles. The number of rotatable bonds is 14. The number of carbonyl (C=O) groups excluding carboxylic acids is 2. The lowest BCUT2D eigenvalue weighted by Gasteiger charge is -2.23. The minimum Gasteiger partial charge on any atom is -0.494 e. The van der Waals surface area contributed by atoms with Crippen LogP contribution in [-0.4, -0.2) is 30.5 Å². The highest BCUT2D eigenvalue weighted by Crippen LogP contribution is 2.18. The molecule has 8 heteroatoms. The van der Waals surface area contributed by atoms with E-state index in [1.54, 1.807) is 12.3 Å². The van der Waals surface area contributed by atoms with Crippen LogP contribution in [0.4, 0.5) is 0 Å². The van der Waals surface area contributed by atoms with E-state index >= 15 is 0 Å². The van der Waals surface area contributed by atoms with Crippen LogP contribution in [-0.2, 0) is 35.5 Å². The number of halogens is 1. The Morgan fingerprint density at radius 3 is 2.23 bits per heavy atom. The van der Waals surface area contributed by atoms with Gasteiger partial charge in [0.15, 0.2) is 0 Å². The molecule has 5 N–H and O–H groups in total. The molecule has 0 heterocycles. The van der Waals surface area contributed by atoms with Crippen molar-refractivity contribution in [2.45, 2.75) is 51.9 Å². The van der Waals surface area contributed by atoms with Gasteiger partial charge in [0.2, 0.25) is 11.8 Å². The minimum absolute atomic E-state index is 0.232. The van der Waals surface area contributed by atoms with Crippen molar-refractivity contribution in [3.8, 4) is 5.75 Å². The molecule has 0 unspecified atom stereocenters. The highest BCUT2D eigenvalue weighted by atomic mass is 35.5. The van der Waals surface area contributed by atoms with Crippen molar-refractivity contribution in [2.24, 2.45) is 5.73 Å². The van der Waals surface area contributed by atoms with E-state index in [-0.39, 0.29) is 18.4 Å². The maximum absolute atomic E-state index is 13.5. The molecule has 7 nitrogen and oxygen atoms in total. The van der Waals surface area contributed by atoms with Gasteiger partial charge in [-0.25, -0.2) is 0 Å². The van der Waals surface area contributed by atoms with E-state index in [4.69, 9.17) is 22.1 Å². The molecule has 206 valence electrons. The maximum atomic E-state index is 13.5. The second-order valence-corrected chi connectivity index (χ2v) is 9.51. The van der Waals surface area contributed by atoms with Crippen LogP contribution >= 0.6 is 11.6 Å². The fraction of sp³-hybridized carbons (Fsp3) is 0.290. The van der Waals surface area contributed by atoms with Crippen LogP contribution in [0.15, 0.2) is 85.1 Å². The average Bonchev–Trinajstić information content (AvgIpc) is 2.95. The number of nitrogens with two attached hydrogens (primary N) is 1. The van der Waals surface area contributed by atoms with E-state index in [2.05, 4.69) is 16.0 Å². The van der Waals surface area contributed by atoms with Gasteiger partial charge in [-0.15, -0.1) is 0 Å². The summed E-state index contributed by atoms with van der Waals surface area (Å²) in [5, 5.41) is 9.60. The van der Waals surface area contributed by atoms with E-state index in [9.17, 15) is 9.59 Å². The number of ether oxygens (including phenoxy) is 1. The van der Waals surface area contributed by atoms with Crippen LogP contribution in [0.1, 0.15) is 36.1 Å². The van der Waals surface area contributed by atoms with Gasteiger partial charge in [-0.3, -0.25) is 9.59 Å². The SMILES string of the molecule is CC=CN[C@H](Cc1ccc(OCC)cc1)C(=O)N[C@@H](Cc1ccccc1)C(=O)NCc1ccc(CN)cc1Cl. The average molecular weight is 549 g/mol. The van der Waals surface area contributed by atoms with E-state index < -0.39 is 12.1 Å². The summed E-state index contributed by atoms with van der Waals surface area (Å²) in [6.07, 6.45) is 4.34. The van der Waals surface area contributed by atoms with Gasteiger partial charge in [-0.1, -0.05) is 72.3 Å².